The van der Waals surface area contributed by atoms with Crippen LogP contribution >= 0.6 is 11.6 Å². The number of amides is 1. The molecular formula is C18H17ClN2O5. The number of nitrogens with zero attached hydrogens (tertiary/aromatic N) is 1. The molecule has 0 fully saturated rings. The average Bonchev–Trinajstić information content (AvgIpc) is 2.61. The second kappa shape index (κ2) is 8.44. The number of halogens is 1. The van der Waals surface area contributed by atoms with Gasteiger partial charge in [0.1, 0.15) is 5.02 Å². The summed E-state index contributed by atoms with van der Waals surface area (Å²) in [4.78, 5) is 34.0. The van der Waals surface area contributed by atoms with Crippen LogP contribution in [0.5, 0.6) is 0 Å². The standard InChI is InChI=1S/C18H17ClN2O5/c1-11(2)12-3-5-13(6-4-12)18(23)26-10-17(22)20-14-7-8-15(19)16(9-14)21(24)25/h3-9,11H,10H2,1-2H3,(H,20,22). The van der Waals surface area contributed by atoms with E-state index in [2.05, 4.69) is 5.32 Å². The summed E-state index contributed by atoms with van der Waals surface area (Å²) in [7, 11) is 0. The Morgan fingerprint density at radius 3 is 2.42 bits per heavy atom. The predicted octanol–water partition coefficient (Wildman–Crippen LogP) is 4.17. The highest BCUT2D eigenvalue weighted by Gasteiger charge is 2.15. The third kappa shape index (κ3) is 5.03. The van der Waals surface area contributed by atoms with Gasteiger partial charge in [-0.15, -0.1) is 0 Å². The Balaban J connectivity index is 1.93. The lowest BCUT2D eigenvalue weighted by Gasteiger charge is -2.08. The van der Waals surface area contributed by atoms with Crippen LogP contribution < -0.4 is 5.32 Å². The molecule has 0 aromatic heterocycles. The second-order valence-electron chi connectivity index (χ2n) is 5.82. The van der Waals surface area contributed by atoms with Crippen LogP contribution in [-0.4, -0.2) is 23.4 Å². The maximum Gasteiger partial charge on any atom is 0.338 e. The minimum atomic E-state index is -0.654. The van der Waals surface area contributed by atoms with Gasteiger partial charge in [-0.3, -0.25) is 14.9 Å². The minimum absolute atomic E-state index is 0.0377. The number of hydrogen-bond acceptors (Lipinski definition) is 5. The predicted molar refractivity (Wildman–Crippen MR) is 97.5 cm³/mol. The zero-order valence-corrected chi connectivity index (χ0v) is 14.9. The van der Waals surface area contributed by atoms with E-state index in [4.69, 9.17) is 16.3 Å². The van der Waals surface area contributed by atoms with Gasteiger partial charge in [0.25, 0.3) is 11.6 Å². The van der Waals surface area contributed by atoms with Gasteiger partial charge >= 0.3 is 5.97 Å². The van der Waals surface area contributed by atoms with Crippen LogP contribution in [-0.2, 0) is 9.53 Å². The SMILES string of the molecule is CC(C)c1ccc(C(=O)OCC(=O)Nc2ccc(Cl)c([N+](=O)[O-])c2)cc1. The molecule has 0 saturated carbocycles. The molecule has 0 bridgehead atoms. The molecule has 8 heteroatoms. The van der Waals surface area contributed by atoms with Crippen molar-refractivity contribution in [3.05, 3.63) is 68.7 Å². The summed E-state index contributed by atoms with van der Waals surface area (Å²) in [5, 5.41) is 13.2. The van der Waals surface area contributed by atoms with Gasteiger partial charge in [0.15, 0.2) is 6.61 Å². The summed E-state index contributed by atoms with van der Waals surface area (Å²) in [5.41, 5.74) is 1.28. The van der Waals surface area contributed by atoms with Crippen LogP contribution in [0.15, 0.2) is 42.5 Å². The van der Waals surface area contributed by atoms with Crippen LogP contribution in [0.3, 0.4) is 0 Å². The molecule has 0 heterocycles. The van der Waals surface area contributed by atoms with Crippen LogP contribution in [0.1, 0.15) is 35.7 Å². The second-order valence-corrected chi connectivity index (χ2v) is 6.23. The van der Waals surface area contributed by atoms with E-state index in [9.17, 15) is 19.7 Å². The number of hydrogen-bond donors (Lipinski definition) is 1. The van der Waals surface area contributed by atoms with Crippen molar-refractivity contribution in [2.45, 2.75) is 19.8 Å². The number of nitrogens with one attached hydrogen (secondary N) is 1. The number of carbonyl (C=O) groups is 2. The molecule has 0 unspecified atom stereocenters. The van der Waals surface area contributed by atoms with E-state index in [1.54, 1.807) is 12.1 Å². The van der Waals surface area contributed by atoms with Gasteiger partial charge < -0.3 is 10.1 Å². The van der Waals surface area contributed by atoms with Crippen molar-refractivity contribution in [3.63, 3.8) is 0 Å². The Bertz CT molecular complexity index is 834. The monoisotopic (exact) mass is 376 g/mol. The zero-order chi connectivity index (χ0) is 19.3. The van der Waals surface area contributed by atoms with E-state index in [1.807, 2.05) is 26.0 Å². The Hall–Kier alpha value is -2.93. The van der Waals surface area contributed by atoms with Gasteiger partial charge in [-0.1, -0.05) is 37.6 Å². The Morgan fingerprint density at radius 2 is 1.85 bits per heavy atom. The minimum Gasteiger partial charge on any atom is -0.452 e. The van der Waals surface area contributed by atoms with Crippen LogP contribution in [0, 0.1) is 10.1 Å². The molecule has 0 atom stereocenters. The third-order valence-corrected chi connectivity index (χ3v) is 3.89. The highest BCUT2D eigenvalue weighted by Crippen LogP contribution is 2.27. The summed E-state index contributed by atoms with van der Waals surface area (Å²) in [6.45, 7) is 3.57. The van der Waals surface area contributed by atoms with E-state index in [1.165, 1.54) is 12.1 Å². The molecule has 0 saturated heterocycles. The van der Waals surface area contributed by atoms with Gasteiger partial charge in [0, 0.05) is 11.8 Å². The molecule has 0 spiro atoms. The van der Waals surface area contributed by atoms with Crippen LogP contribution in [0.2, 0.25) is 5.02 Å². The van der Waals surface area contributed by atoms with Crippen LogP contribution in [0.25, 0.3) is 0 Å². The van der Waals surface area contributed by atoms with Crippen molar-refractivity contribution in [1.82, 2.24) is 0 Å². The molecule has 26 heavy (non-hydrogen) atoms. The first-order valence-corrected chi connectivity index (χ1v) is 8.16. The fourth-order valence-corrected chi connectivity index (χ4v) is 2.33. The summed E-state index contributed by atoms with van der Waals surface area (Å²) >= 11 is 5.71. The van der Waals surface area contributed by atoms with Gasteiger partial charge in [0.2, 0.25) is 0 Å². The number of anilines is 1. The van der Waals surface area contributed by atoms with Crippen molar-refractivity contribution in [3.8, 4) is 0 Å². The molecule has 1 amide bonds. The molecule has 136 valence electrons. The Labute approximate surface area is 155 Å². The van der Waals surface area contributed by atoms with E-state index < -0.39 is 23.4 Å². The largest absolute Gasteiger partial charge is 0.452 e. The number of esters is 1. The van der Waals surface area contributed by atoms with E-state index in [-0.39, 0.29) is 16.4 Å². The van der Waals surface area contributed by atoms with Crippen molar-refractivity contribution >= 4 is 34.9 Å². The number of rotatable bonds is 6. The number of benzene rings is 2. The fraction of sp³-hybridized carbons (Fsp3) is 0.222. The van der Waals surface area contributed by atoms with Crippen molar-refractivity contribution in [2.24, 2.45) is 0 Å². The zero-order valence-electron chi connectivity index (χ0n) is 14.2. The normalized spacial score (nSPS) is 10.5. The molecule has 0 radical (unpaired) electrons. The van der Waals surface area contributed by atoms with Crippen molar-refractivity contribution in [1.29, 1.82) is 0 Å². The Morgan fingerprint density at radius 1 is 1.19 bits per heavy atom. The lowest BCUT2D eigenvalue weighted by Crippen LogP contribution is -2.21. The molecule has 2 aromatic rings. The topological polar surface area (TPSA) is 98.5 Å². The first-order chi connectivity index (χ1) is 12.3. The number of nitro groups is 1. The smallest absolute Gasteiger partial charge is 0.338 e. The lowest BCUT2D eigenvalue weighted by atomic mass is 10.0. The van der Waals surface area contributed by atoms with E-state index >= 15 is 0 Å². The van der Waals surface area contributed by atoms with E-state index in [0.717, 1.165) is 11.6 Å². The first-order valence-electron chi connectivity index (χ1n) is 7.79. The van der Waals surface area contributed by atoms with Gasteiger partial charge in [0.05, 0.1) is 10.5 Å². The maximum absolute atomic E-state index is 12.0. The Kier molecular flexibility index (Phi) is 6.30. The first kappa shape index (κ1) is 19.4. The quantitative estimate of drug-likeness (QED) is 0.463. The van der Waals surface area contributed by atoms with Gasteiger partial charge in [-0.05, 0) is 35.7 Å². The lowest BCUT2D eigenvalue weighted by molar-refractivity contribution is -0.384. The van der Waals surface area contributed by atoms with Crippen molar-refractivity contribution in [2.75, 3.05) is 11.9 Å². The maximum atomic E-state index is 12.0. The van der Waals surface area contributed by atoms with Gasteiger partial charge in [-0.2, -0.15) is 0 Å². The molecule has 2 rings (SSSR count). The fourth-order valence-electron chi connectivity index (χ4n) is 2.15. The van der Waals surface area contributed by atoms with E-state index in [0.29, 0.717) is 11.5 Å². The molecule has 2 aromatic carbocycles. The summed E-state index contributed by atoms with van der Waals surface area (Å²) < 4.78 is 4.95. The number of carbonyl (C=O) groups excluding carboxylic acids is 2. The summed E-state index contributed by atoms with van der Waals surface area (Å²) in [6.07, 6.45) is 0. The molecule has 7 nitrogen and oxygen atoms in total. The highest BCUT2D eigenvalue weighted by molar-refractivity contribution is 6.32. The van der Waals surface area contributed by atoms with Gasteiger partial charge in [-0.25, -0.2) is 4.79 Å². The van der Waals surface area contributed by atoms with Crippen molar-refractivity contribution < 1.29 is 19.2 Å². The molecule has 0 aliphatic rings. The third-order valence-electron chi connectivity index (χ3n) is 3.57. The highest BCUT2D eigenvalue weighted by atomic mass is 35.5. The summed E-state index contributed by atoms with van der Waals surface area (Å²) in [5.74, 6) is -0.902. The molecule has 0 aliphatic heterocycles. The number of ether oxygens (including phenoxy) is 1. The summed E-state index contributed by atoms with van der Waals surface area (Å²) in [6, 6.07) is 10.8. The molecule has 0 aliphatic carbocycles. The molecule has 1 N–H and O–H groups in total. The van der Waals surface area contributed by atoms with Crippen LogP contribution in [0.4, 0.5) is 11.4 Å². The number of nitro benzene ring substituents is 1. The average molecular weight is 377 g/mol. The molecular weight excluding hydrogens is 360 g/mol.